The largest absolute Gasteiger partial charge is 0.480 e. The number of rotatable bonds is 7. The number of carboxylic acids is 1. The van der Waals surface area contributed by atoms with Crippen molar-refractivity contribution in [2.75, 3.05) is 5.32 Å². The van der Waals surface area contributed by atoms with Gasteiger partial charge in [-0.25, -0.2) is 4.68 Å². The average Bonchev–Trinajstić information content (AvgIpc) is 3.12. The number of nitrogens with zero attached hydrogens (tertiary/aromatic N) is 3. The Labute approximate surface area is 170 Å². The van der Waals surface area contributed by atoms with Crippen molar-refractivity contribution in [3.8, 4) is 11.5 Å². The van der Waals surface area contributed by atoms with Crippen LogP contribution in [0.4, 0.5) is 11.4 Å². The summed E-state index contributed by atoms with van der Waals surface area (Å²) in [6.45, 7) is 3.25. The molecule has 3 aromatic rings. The number of nitro benzene ring substituents is 1. The molecule has 2 N–H and O–H groups in total. The summed E-state index contributed by atoms with van der Waals surface area (Å²) >= 11 is 0. The molecule has 0 atom stereocenters. The fourth-order valence-corrected chi connectivity index (χ4v) is 2.74. The first-order valence-electron chi connectivity index (χ1n) is 8.82. The highest BCUT2D eigenvalue weighted by atomic mass is 16.6. The normalized spacial score (nSPS) is 10.5. The topological polar surface area (TPSA) is 137 Å². The summed E-state index contributed by atoms with van der Waals surface area (Å²) in [5.41, 5.74) is 1.65. The van der Waals surface area contributed by atoms with Crippen LogP contribution in [0.25, 0.3) is 0 Å². The molecule has 3 rings (SSSR count). The first kappa shape index (κ1) is 20.5. The number of non-ortho nitro benzene ring substituents is 1. The Morgan fingerprint density at radius 2 is 1.97 bits per heavy atom. The van der Waals surface area contributed by atoms with Gasteiger partial charge in [0.05, 0.1) is 16.7 Å². The molecule has 0 unspecified atom stereocenters. The summed E-state index contributed by atoms with van der Waals surface area (Å²) in [5.74, 6) is -1.11. The van der Waals surface area contributed by atoms with Gasteiger partial charge in [-0.05, 0) is 37.1 Å². The maximum atomic E-state index is 12.6. The molecule has 0 fully saturated rings. The number of hydrogen-bond donors (Lipinski definition) is 2. The van der Waals surface area contributed by atoms with Gasteiger partial charge in [-0.3, -0.25) is 19.7 Å². The number of nitrogens with one attached hydrogen (secondary N) is 1. The van der Waals surface area contributed by atoms with Gasteiger partial charge in [-0.15, -0.1) is 0 Å². The van der Waals surface area contributed by atoms with Gasteiger partial charge in [0.2, 0.25) is 0 Å². The lowest BCUT2D eigenvalue weighted by atomic mass is 10.1. The predicted molar refractivity (Wildman–Crippen MR) is 107 cm³/mol. The lowest BCUT2D eigenvalue weighted by Crippen LogP contribution is -2.20. The number of aryl methyl sites for hydroxylation is 2. The second kappa shape index (κ2) is 8.43. The van der Waals surface area contributed by atoms with Gasteiger partial charge in [-0.1, -0.05) is 12.1 Å². The van der Waals surface area contributed by atoms with Crippen molar-refractivity contribution in [2.45, 2.75) is 20.4 Å². The third-order valence-electron chi connectivity index (χ3n) is 4.17. The molecule has 0 aliphatic rings. The first-order valence-corrected chi connectivity index (χ1v) is 8.82. The van der Waals surface area contributed by atoms with Crippen LogP contribution in [0.1, 0.15) is 21.6 Å². The minimum atomic E-state index is -1.16. The SMILES string of the molecule is Cc1ccc(C)c(Oc2cc(NC(=O)c3ccnn3CC(=O)O)cc([N+](=O)[O-])c2)c1. The van der Waals surface area contributed by atoms with Crippen LogP contribution in [-0.2, 0) is 11.3 Å². The Bertz CT molecular complexity index is 1140. The van der Waals surface area contributed by atoms with E-state index in [4.69, 9.17) is 9.84 Å². The molecule has 10 nitrogen and oxygen atoms in total. The number of hydrogen-bond acceptors (Lipinski definition) is 6. The van der Waals surface area contributed by atoms with Crippen molar-refractivity contribution in [1.82, 2.24) is 9.78 Å². The van der Waals surface area contributed by atoms with E-state index in [0.29, 0.717) is 5.75 Å². The minimum absolute atomic E-state index is 0.000836. The molecule has 0 bridgehead atoms. The maximum Gasteiger partial charge on any atom is 0.325 e. The van der Waals surface area contributed by atoms with Crippen LogP contribution < -0.4 is 10.1 Å². The smallest absolute Gasteiger partial charge is 0.325 e. The molecule has 0 saturated heterocycles. The van der Waals surface area contributed by atoms with Gasteiger partial charge in [0, 0.05) is 18.3 Å². The summed E-state index contributed by atoms with van der Waals surface area (Å²) in [4.78, 5) is 34.2. The quantitative estimate of drug-likeness (QED) is 0.449. The number of nitro groups is 1. The second-order valence-electron chi connectivity index (χ2n) is 6.57. The summed E-state index contributed by atoms with van der Waals surface area (Å²) in [7, 11) is 0. The number of carbonyl (C=O) groups excluding carboxylic acids is 1. The molecule has 1 aromatic heterocycles. The molecule has 1 amide bonds. The van der Waals surface area contributed by atoms with Crippen LogP contribution in [0.5, 0.6) is 11.5 Å². The highest BCUT2D eigenvalue weighted by Crippen LogP contribution is 2.32. The highest BCUT2D eigenvalue weighted by molar-refractivity contribution is 6.03. The van der Waals surface area contributed by atoms with E-state index in [1.807, 2.05) is 26.0 Å². The summed E-state index contributed by atoms with van der Waals surface area (Å²) in [6, 6.07) is 10.8. The Morgan fingerprint density at radius 3 is 2.67 bits per heavy atom. The molecule has 10 heteroatoms. The standard InChI is InChI=1S/C20H18N4O6/c1-12-3-4-13(2)18(7-12)30-16-9-14(8-15(10-16)24(28)29)22-20(27)17-5-6-21-23(17)11-19(25)26/h3-10H,11H2,1-2H3,(H,22,27)(H,25,26). The zero-order chi connectivity index (χ0) is 21.8. The van der Waals surface area contributed by atoms with Gasteiger partial charge in [0.25, 0.3) is 11.6 Å². The number of anilines is 1. The monoisotopic (exact) mass is 410 g/mol. The maximum absolute atomic E-state index is 12.6. The van der Waals surface area contributed by atoms with Crippen molar-refractivity contribution >= 4 is 23.3 Å². The number of carbonyl (C=O) groups is 2. The summed E-state index contributed by atoms with van der Waals surface area (Å²) in [6.07, 6.45) is 1.29. The van der Waals surface area contributed by atoms with Crippen LogP contribution in [0, 0.1) is 24.0 Å². The van der Waals surface area contributed by atoms with Crippen molar-refractivity contribution < 1.29 is 24.4 Å². The number of aromatic nitrogens is 2. The van der Waals surface area contributed by atoms with Crippen LogP contribution in [0.3, 0.4) is 0 Å². The Balaban J connectivity index is 1.90. The van der Waals surface area contributed by atoms with E-state index >= 15 is 0 Å². The molecule has 154 valence electrons. The lowest BCUT2D eigenvalue weighted by molar-refractivity contribution is -0.384. The van der Waals surface area contributed by atoms with E-state index in [2.05, 4.69) is 10.4 Å². The Hall–Kier alpha value is -4.21. The molecule has 0 saturated carbocycles. The van der Waals surface area contributed by atoms with E-state index in [9.17, 15) is 19.7 Å². The van der Waals surface area contributed by atoms with E-state index in [-0.39, 0.29) is 22.8 Å². The van der Waals surface area contributed by atoms with Crippen LogP contribution in [0.15, 0.2) is 48.7 Å². The van der Waals surface area contributed by atoms with Gasteiger partial charge in [0.1, 0.15) is 23.7 Å². The van der Waals surface area contributed by atoms with Crippen molar-refractivity contribution in [3.05, 3.63) is 75.6 Å². The van der Waals surface area contributed by atoms with Crippen LogP contribution in [-0.4, -0.2) is 31.7 Å². The predicted octanol–water partition coefficient (Wildman–Crippen LogP) is 3.54. The second-order valence-corrected chi connectivity index (χ2v) is 6.57. The fraction of sp³-hybridized carbons (Fsp3) is 0.150. The minimum Gasteiger partial charge on any atom is -0.480 e. The molecule has 2 aromatic carbocycles. The molecular formula is C20H18N4O6. The van der Waals surface area contributed by atoms with Crippen LogP contribution in [0.2, 0.25) is 0 Å². The zero-order valence-corrected chi connectivity index (χ0v) is 16.2. The van der Waals surface area contributed by atoms with Gasteiger partial charge in [-0.2, -0.15) is 5.10 Å². The van der Waals surface area contributed by atoms with Crippen molar-refractivity contribution in [1.29, 1.82) is 0 Å². The highest BCUT2D eigenvalue weighted by Gasteiger charge is 2.17. The number of ether oxygens (including phenoxy) is 1. The molecule has 0 aliphatic carbocycles. The van der Waals surface area contributed by atoms with Crippen molar-refractivity contribution in [3.63, 3.8) is 0 Å². The number of amides is 1. The third-order valence-corrected chi connectivity index (χ3v) is 4.17. The lowest BCUT2D eigenvalue weighted by Gasteiger charge is -2.12. The van der Waals surface area contributed by atoms with Crippen LogP contribution >= 0.6 is 0 Å². The Morgan fingerprint density at radius 1 is 1.20 bits per heavy atom. The number of aliphatic carboxylic acids is 1. The van der Waals surface area contributed by atoms with Gasteiger partial charge >= 0.3 is 5.97 Å². The van der Waals surface area contributed by atoms with E-state index < -0.39 is 23.3 Å². The summed E-state index contributed by atoms with van der Waals surface area (Å²) < 4.78 is 6.84. The molecule has 1 heterocycles. The number of carboxylic acid groups (broad SMARTS) is 1. The zero-order valence-electron chi connectivity index (χ0n) is 16.2. The summed E-state index contributed by atoms with van der Waals surface area (Å²) in [5, 5.41) is 26.6. The fourth-order valence-electron chi connectivity index (χ4n) is 2.74. The average molecular weight is 410 g/mol. The molecule has 0 radical (unpaired) electrons. The van der Waals surface area contributed by atoms with Gasteiger partial charge < -0.3 is 15.2 Å². The molecule has 0 aliphatic heterocycles. The van der Waals surface area contributed by atoms with E-state index in [1.165, 1.54) is 30.5 Å². The third kappa shape index (κ3) is 4.79. The molecular weight excluding hydrogens is 392 g/mol. The first-order chi connectivity index (χ1) is 14.2. The van der Waals surface area contributed by atoms with E-state index in [0.717, 1.165) is 15.8 Å². The van der Waals surface area contributed by atoms with E-state index in [1.54, 1.807) is 6.07 Å². The molecule has 0 spiro atoms. The van der Waals surface area contributed by atoms with Crippen molar-refractivity contribution in [2.24, 2.45) is 0 Å². The van der Waals surface area contributed by atoms with Gasteiger partial charge in [0.15, 0.2) is 0 Å². The Kier molecular flexibility index (Phi) is 5.77. The number of benzene rings is 2. The molecule has 30 heavy (non-hydrogen) atoms.